The molecule has 2 saturated heterocycles. The molecule has 0 radical (unpaired) electrons. The third kappa shape index (κ3) is 4.86. The number of likely N-dealkylation sites (tertiary alicyclic amines) is 1. The Balaban J connectivity index is 1.52. The third-order valence-corrected chi connectivity index (χ3v) is 5.17. The number of aliphatic hydroxyl groups is 1. The highest BCUT2D eigenvalue weighted by molar-refractivity contribution is 5.67. The van der Waals surface area contributed by atoms with Crippen molar-refractivity contribution < 1.29 is 14.6 Å². The number of piperidine rings is 2. The van der Waals surface area contributed by atoms with Crippen LogP contribution in [0.25, 0.3) is 0 Å². The Morgan fingerprint density at radius 1 is 1.35 bits per heavy atom. The minimum absolute atomic E-state index is 0.204. The van der Waals surface area contributed by atoms with Gasteiger partial charge in [0.1, 0.15) is 5.82 Å². The first-order valence-corrected chi connectivity index (χ1v) is 9.69. The Morgan fingerprint density at radius 3 is 2.88 bits per heavy atom. The van der Waals surface area contributed by atoms with Crippen LogP contribution in [0, 0.1) is 0 Å². The van der Waals surface area contributed by atoms with E-state index in [2.05, 4.69) is 21.3 Å². The van der Waals surface area contributed by atoms with E-state index < -0.39 is 0 Å². The Hall–Kier alpha value is -1.86. The average Bonchev–Trinajstić information content (AvgIpc) is 2.67. The highest BCUT2D eigenvalue weighted by Crippen LogP contribution is 2.22. The van der Waals surface area contributed by atoms with Crippen molar-refractivity contribution in [1.82, 2.24) is 15.2 Å². The second kappa shape index (κ2) is 9.19. The van der Waals surface area contributed by atoms with Crippen molar-refractivity contribution in [3.8, 4) is 0 Å². The maximum absolute atomic E-state index is 11.8. The fraction of sp³-hybridized carbons (Fsp3) is 0.684. The van der Waals surface area contributed by atoms with Gasteiger partial charge < -0.3 is 25.0 Å². The number of nitrogens with one attached hydrogen (secondary N) is 1. The molecule has 2 aliphatic heterocycles. The molecule has 0 saturated carbocycles. The van der Waals surface area contributed by atoms with E-state index in [1.165, 1.54) is 0 Å². The lowest BCUT2D eigenvalue weighted by molar-refractivity contribution is 0.0950. The number of ether oxygens (including phenoxy) is 1. The molecule has 26 heavy (non-hydrogen) atoms. The topological polar surface area (TPSA) is 77.9 Å². The summed E-state index contributed by atoms with van der Waals surface area (Å²) in [6.45, 7) is 6.06. The van der Waals surface area contributed by atoms with Crippen LogP contribution in [0.5, 0.6) is 0 Å². The quantitative estimate of drug-likeness (QED) is 0.831. The lowest BCUT2D eigenvalue weighted by Crippen LogP contribution is -2.45. The van der Waals surface area contributed by atoms with E-state index in [1.807, 2.05) is 19.2 Å². The monoisotopic (exact) mass is 362 g/mol. The molecule has 1 amide bonds. The average molecular weight is 362 g/mol. The highest BCUT2D eigenvalue weighted by atomic mass is 16.6. The summed E-state index contributed by atoms with van der Waals surface area (Å²) in [5.41, 5.74) is 1.16. The smallest absolute Gasteiger partial charge is 0.409 e. The largest absolute Gasteiger partial charge is 0.450 e. The first kappa shape index (κ1) is 18.9. The van der Waals surface area contributed by atoms with Gasteiger partial charge in [0, 0.05) is 50.5 Å². The molecule has 1 aromatic heterocycles. The van der Waals surface area contributed by atoms with E-state index in [-0.39, 0.29) is 12.2 Å². The van der Waals surface area contributed by atoms with E-state index in [9.17, 15) is 9.90 Å². The van der Waals surface area contributed by atoms with Crippen molar-refractivity contribution in [3.05, 3.63) is 23.9 Å². The molecule has 0 spiro atoms. The van der Waals surface area contributed by atoms with Crippen LogP contribution in [0.2, 0.25) is 0 Å². The van der Waals surface area contributed by atoms with Crippen molar-refractivity contribution >= 4 is 11.9 Å². The summed E-state index contributed by atoms with van der Waals surface area (Å²) in [4.78, 5) is 20.3. The molecule has 7 nitrogen and oxygen atoms in total. The fourth-order valence-corrected chi connectivity index (χ4v) is 3.74. The lowest BCUT2D eigenvalue weighted by atomic mass is 10.0. The molecule has 1 aromatic rings. The summed E-state index contributed by atoms with van der Waals surface area (Å²) < 4.78 is 5.07. The van der Waals surface area contributed by atoms with Gasteiger partial charge in [-0.3, -0.25) is 0 Å². The first-order valence-electron chi connectivity index (χ1n) is 9.69. The fourth-order valence-electron chi connectivity index (χ4n) is 3.74. The van der Waals surface area contributed by atoms with Gasteiger partial charge in [-0.05, 0) is 38.7 Å². The summed E-state index contributed by atoms with van der Waals surface area (Å²) in [7, 11) is 0. The number of rotatable bonds is 5. The second-order valence-electron chi connectivity index (χ2n) is 7.07. The molecule has 7 heteroatoms. The number of aliphatic hydroxyl groups excluding tert-OH is 1. The van der Waals surface area contributed by atoms with Gasteiger partial charge in [-0.2, -0.15) is 0 Å². The van der Waals surface area contributed by atoms with Gasteiger partial charge >= 0.3 is 6.09 Å². The van der Waals surface area contributed by atoms with Gasteiger partial charge in [-0.1, -0.05) is 6.07 Å². The third-order valence-electron chi connectivity index (χ3n) is 5.17. The van der Waals surface area contributed by atoms with Gasteiger partial charge in [0.05, 0.1) is 12.7 Å². The van der Waals surface area contributed by atoms with Gasteiger partial charge in [-0.25, -0.2) is 9.78 Å². The van der Waals surface area contributed by atoms with Crippen LogP contribution < -0.4 is 10.2 Å². The van der Waals surface area contributed by atoms with E-state index in [0.717, 1.165) is 63.2 Å². The van der Waals surface area contributed by atoms with Crippen LogP contribution in [0.1, 0.15) is 38.2 Å². The summed E-state index contributed by atoms with van der Waals surface area (Å²) in [5, 5.41) is 13.6. The SMILES string of the molecule is CCOC(=O)N1CCC(NCc2cccnc2N2CCC[C@@H](O)C2)CC1. The molecule has 2 fully saturated rings. The molecule has 0 unspecified atom stereocenters. The summed E-state index contributed by atoms with van der Waals surface area (Å²) in [6, 6.07) is 4.45. The normalized spacial score (nSPS) is 21.7. The molecule has 0 aliphatic carbocycles. The lowest BCUT2D eigenvalue weighted by Gasteiger charge is -2.33. The summed E-state index contributed by atoms with van der Waals surface area (Å²) in [6.07, 6.45) is 5.07. The highest BCUT2D eigenvalue weighted by Gasteiger charge is 2.24. The van der Waals surface area contributed by atoms with Crippen LogP contribution >= 0.6 is 0 Å². The maximum Gasteiger partial charge on any atom is 0.409 e. The van der Waals surface area contributed by atoms with E-state index in [4.69, 9.17) is 4.74 Å². The van der Waals surface area contributed by atoms with Gasteiger partial charge in [0.2, 0.25) is 0 Å². The molecule has 0 bridgehead atoms. The first-order chi connectivity index (χ1) is 12.7. The zero-order valence-electron chi connectivity index (χ0n) is 15.6. The number of anilines is 1. The molecule has 2 N–H and O–H groups in total. The number of aromatic nitrogens is 1. The number of nitrogens with zero attached hydrogens (tertiary/aromatic N) is 3. The Labute approximate surface area is 155 Å². The van der Waals surface area contributed by atoms with Crippen LogP contribution in [0.15, 0.2) is 18.3 Å². The number of carbonyl (C=O) groups is 1. The van der Waals surface area contributed by atoms with Crippen LogP contribution in [0.3, 0.4) is 0 Å². The zero-order valence-corrected chi connectivity index (χ0v) is 15.6. The molecular formula is C19H30N4O3. The minimum atomic E-state index is -0.265. The Kier molecular flexibility index (Phi) is 6.68. The molecule has 144 valence electrons. The second-order valence-corrected chi connectivity index (χ2v) is 7.07. The van der Waals surface area contributed by atoms with Gasteiger partial charge in [0.25, 0.3) is 0 Å². The Morgan fingerprint density at radius 2 is 2.15 bits per heavy atom. The van der Waals surface area contributed by atoms with Gasteiger partial charge in [0.15, 0.2) is 0 Å². The molecule has 2 aliphatic rings. The van der Waals surface area contributed by atoms with Gasteiger partial charge in [-0.15, -0.1) is 0 Å². The molecule has 3 rings (SSSR count). The maximum atomic E-state index is 11.8. The van der Waals surface area contributed by atoms with Crippen molar-refractivity contribution in [3.63, 3.8) is 0 Å². The Bertz CT molecular complexity index is 590. The van der Waals surface area contributed by atoms with Crippen molar-refractivity contribution in [2.75, 3.05) is 37.7 Å². The van der Waals surface area contributed by atoms with E-state index in [1.54, 1.807) is 4.90 Å². The number of hydrogen-bond acceptors (Lipinski definition) is 6. The zero-order chi connectivity index (χ0) is 18.4. The molecule has 1 atom stereocenters. The van der Waals surface area contributed by atoms with Crippen LogP contribution in [-0.2, 0) is 11.3 Å². The number of carbonyl (C=O) groups excluding carboxylic acids is 1. The molecular weight excluding hydrogens is 332 g/mol. The van der Waals surface area contributed by atoms with Crippen molar-refractivity contribution in [1.29, 1.82) is 0 Å². The predicted octanol–water partition coefficient (Wildman–Crippen LogP) is 1.75. The van der Waals surface area contributed by atoms with Crippen LogP contribution in [0.4, 0.5) is 10.6 Å². The number of amides is 1. The molecule has 0 aromatic carbocycles. The number of β-amino-alcohol motifs (C(OH)–C–C–N with tert-alkyl or cyclic N) is 1. The van der Waals surface area contributed by atoms with Crippen molar-refractivity contribution in [2.45, 2.75) is 51.3 Å². The number of hydrogen-bond donors (Lipinski definition) is 2. The summed E-state index contributed by atoms with van der Waals surface area (Å²) in [5.74, 6) is 0.975. The van der Waals surface area contributed by atoms with Crippen LogP contribution in [-0.4, -0.2) is 66.0 Å². The molecule has 3 heterocycles. The van der Waals surface area contributed by atoms with Crippen molar-refractivity contribution in [2.24, 2.45) is 0 Å². The predicted molar refractivity (Wildman–Crippen MR) is 100 cm³/mol. The summed E-state index contributed by atoms with van der Waals surface area (Å²) >= 11 is 0. The number of pyridine rings is 1. The minimum Gasteiger partial charge on any atom is -0.450 e. The van der Waals surface area contributed by atoms with E-state index in [0.29, 0.717) is 19.2 Å². The standard InChI is InChI=1S/C19H30N4O3/c1-2-26-19(25)22-11-7-16(8-12-22)21-13-15-5-3-9-20-18(15)23-10-4-6-17(24)14-23/h3,5,9,16-17,21,24H,2,4,6-8,10-14H2,1H3/t17-/m1/s1. The van der Waals surface area contributed by atoms with E-state index >= 15 is 0 Å².